The summed E-state index contributed by atoms with van der Waals surface area (Å²) in [6.07, 6.45) is 0. The molecular weight excluding hydrogens is 492 g/mol. The number of hydrogen-bond acceptors (Lipinski definition) is 8. The molecule has 4 rings (SSSR count). The van der Waals surface area contributed by atoms with Gasteiger partial charge >= 0.3 is 5.91 Å². The summed E-state index contributed by atoms with van der Waals surface area (Å²) in [6, 6.07) is 8.64. The van der Waals surface area contributed by atoms with Gasteiger partial charge in [0.15, 0.2) is 16.6 Å². The lowest BCUT2D eigenvalue weighted by atomic mass is 9.95. The summed E-state index contributed by atoms with van der Waals surface area (Å²) in [5, 5.41) is 12.1. The predicted molar refractivity (Wildman–Crippen MR) is 134 cm³/mol. The van der Waals surface area contributed by atoms with Crippen LogP contribution < -0.4 is 19.1 Å². The quantitative estimate of drug-likeness (QED) is 0.279. The van der Waals surface area contributed by atoms with Crippen LogP contribution in [0, 0.1) is 13.8 Å². The van der Waals surface area contributed by atoms with Crippen LogP contribution in [0.15, 0.2) is 42.0 Å². The van der Waals surface area contributed by atoms with Gasteiger partial charge in [0, 0.05) is 15.5 Å². The number of hydrogen-bond donors (Lipinski definition) is 1. The summed E-state index contributed by atoms with van der Waals surface area (Å²) in [6.45, 7) is 3.71. The van der Waals surface area contributed by atoms with Gasteiger partial charge in [0.25, 0.3) is 5.78 Å². The van der Waals surface area contributed by atoms with Gasteiger partial charge in [-0.3, -0.25) is 14.5 Å². The third kappa shape index (κ3) is 4.21. The number of methoxy groups -OCH3 is 3. The highest BCUT2D eigenvalue weighted by Gasteiger charge is 2.48. The van der Waals surface area contributed by atoms with E-state index in [1.165, 1.54) is 37.6 Å². The normalized spacial score (nSPS) is 17.1. The van der Waals surface area contributed by atoms with Crippen molar-refractivity contribution in [2.75, 3.05) is 26.2 Å². The highest BCUT2D eigenvalue weighted by molar-refractivity contribution is 7.16. The smallest absolute Gasteiger partial charge is 0.301 e. The largest absolute Gasteiger partial charge is 0.507 e. The Morgan fingerprint density at radius 1 is 1.03 bits per heavy atom. The molecule has 2 aromatic carbocycles. The number of aliphatic hydroxyl groups is 1. The fourth-order valence-corrected chi connectivity index (χ4v) is 4.99. The van der Waals surface area contributed by atoms with Crippen LogP contribution in [0.5, 0.6) is 17.2 Å². The first kappa shape index (κ1) is 24.6. The highest BCUT2D eigenvalue weighted by atomic mass is 35.5. The lowest BCUT2D eigenvalue weighted by Gasteiger charge is -2.24. The van der Waals surface area contributed by atoms with Crippen molar-refractivity contribution < 1.29 is 28.9 Å². The standard InChI is InChI=1S/C25H23ClN2O6S/c1-12-13(2)35-25(27-12)28-20(15-10-17(32-3)23(34-5)18(11-15)33-4)19(22(30)24(28)31)21(29)14-6-8-16(26)9-7-14/h6-11,20,29H,1-5H3. The van der Waals surface area contributed by atoms with E-state index in [0.717, 1.165) is 10.6 Å². The van der Waals surface area contributed by atoms with Gasteiger partial charge in [0.2, 0.25) is 5.75 Å². The maximum absolute atomic E-state index is 13.3. The maximum atomic E-state index is 13.3. The van der Waals surface area contributed by atoms with Crippen LogP contribution in [0.2, 0.25) is 5.02 Å². The van der Waals surface area contributed by atoms with Gasteiger partial charge in [-0.15, -0.1) is 11.3 Å². The number of ether oxygens (including phenoxy) is 3. The Morgan fingerprint density at radius 2 is 1.63 bits per heavy atom. The number of halogens is 1. The summed E-state index contributed by atoms with van der Waals surface area (Å²) in [7, 11) is 4.42. The van der Waals surface area contributed by atoms with Crippen LogP contribution in [-0.2, 0) is 9.59 Å². The molecule has 1 aliphatic rings. The topological polar surface area (TPSA) is 98.2 Å². The van der Waals surface area contributed by atoms with Crippen molar-refractivity contribution in [3.63, 3.8) is 0 Å². The highest BCUT2D eigenvalue weighted by Crippen LogP contribution is 2.47. The third-order valence-electron chi connectivity index (χ3n) is 5.79. The Labute approximate surface area is 211 Å². The molecule has 3 aromatic rings. The van der Waals surface area contributed by atoms with Gasteiger partial charge in [-0.25, -0.2) is 4.98 Å². The Morgan fingerprint density at radius 3 is 2.11 bits per heavy atom. The SMILES string of the molecule is COc1cc(C2C(=C(O)c3ccc(Cl)cc3)C(=O)C(=O)N2c2nc(C)c(C)s2)cc(OC)c1OC. The molecule has 0 spiro atoms. The number of carbonyl (C=O) groups excluding carboxylic acids is 2. The number of aromatic nitrogens is 1. The summed E-state index contributed by atoms with van der Waals surface area (Å²) in [4.78, 5) is 33.4. The van der Waals surface area contributed by atoms with E-state index in [1.54, 1.807) is 36.4 Å². The Kier molecular flexibility index (Phi) is 6.73. The zero-order valence-electron chi connectivity index (χ0n) is 19.7. The van der Waals surface area contributed by atoms with E-state index in [9.17, 15) is 14.7 Å². The van der Waals surface area contributed by atoms with Crippen LogP contribution >= 0.6 is 22.9 Å². The molecule has 1 N–H and O–H groups in total. The van der Waals surface area contributed by atoms with E-state index < -0.39 is 17.7 Å². The molecule has 1 atom stereocenters. The molecule has 8 nitrogen and oxygen atoms in total. The first-order valence-corrected chi connectivity index (χ1v) is 11.7. The van der Waals surface area contributed by atoms with E-state index in [1.807, 2.05) is 13.8 Å². The number of aliphatic hydroxyl groups excluding tert-OH is 1. The maximum Gasteiger partial charge on any atom is 0.301 e. The fraction of sp³-hybridized carbons (Fsp3) is 0.240. The number of amides is 1. The number of nitrogens with zero attached hydrogens (tertiary/aromatic N) is 2. The second-order valence-corrected chi connectivity index (χ2v) is 9.39. The van der Waals surface area contributed by atoms with Gasteiger partial charge < -0.3 is 19.3 Å². The van der Waals surface area contributed by atoms with Crippen molar-refractivity contribution in [3.8, 4) is 17.2 Å². The zero-order chi connectivity index (χ0) is 25.4. The molecule has 182 valence electrons. The van der Waals surface area contributed by atoms with Crippen molar-refractivity contribution in [1.29, 1.82) is 0 Å². The minimum absolute atomic E-state index is 0.0860. The number of anilines is 1. The molecule has 0 bridgehead atoms. The monoisotopic (exact) mass is 514 g/mol. The van der Waals surface area contributed by atoms with E-state index in [4.69, 9.17) is 25.8 Å². The van der Waals surface area contributed by atoms with Crippen LogP contribution in [0.1, 0.15) is 27.7 Å². The number of aryl methyl sites for hydroxylation is 2. The van der Waals surface area contributed by atoms with E-state index >= 15 is 0 Å². The zero-order valence-corrected chi connectivity index (χ0v) is 21.3. The lowest BCUT2D eigenvalue weighted by Crippen LogP contribution is -2.29. The van der Waals surface area contributed by atoms with Gasteiger partial charge in [0.1, 0.15) is 5.76 Å². The third-order valence-corrected chi connectivity index (χ3v) is 7.11. The number of benzene rings is 2. The molecule has 1 saturated heterocycles. The molecule has 10 heteroatoms. The fourth-order valence-electron chi connectivity index (χ4n) is 3.93. The molecule has 35 heavy (non-hydrogen) atoms. The molecule has 0 saturated carbocycles. The first-order valence-electron chi connectivity index (χ1n) is 10.5. The van der Waals surface area contributed by atoms with Gasteiger partial charge in [-0.1, -0.05) is 11.6 Å². The Hall–Kier alpha value is -3.56. The van der Waals surface area contributed by atoms with Crippen molar-refractivity contribution in [1.82, 2.24) is 4.98 Å². The number of rotatable bonds is 6. The van der Waals surface area contributed by atoms with Crippen molar-refractivity contribution in [2.45, 2.75) is 19.9 Å². The molecule has 2 heterocycles. The summed E-state index contributed by atoms with van der Waals surface area (Å²) in [5.41, 5.74) is 1.47. The molecule has 1 fully saturated rings. The Bertz CT molecular complexity index is 1300. The first-order chi connectivity index (χ1) is 16.7. The average Bonchev–Trinajstić information content (AvgIpc) is 3.32. The minimum atomic E-state index is -0.996. The van der Waals surface area contributed by atoms with Gasteiger partial charge in [-0.2, -0.15) is 0 Å². The van der Waals surface area contributed by atoms with Crippen molar-refractivity contribution in [2.24, 2.45) is 0 Å². The Balaban J connectivity index is 2.01. The van der Waals surface area contributed by atoms with Crippen molar-refractivity contribution >= 4 is 45.5 Å². The molecule has 0 radical (unpaired) electrons. The van der Waals surface area contributed by atoms with Gasteiger partial charge in [0.05, 0.1) is 38.6 Å². The lowest BCUT2D eigenvalue weighted by molar-refractivity contribution is -0.132. The number of ketones is 1. The number of thiazole rings is 1. The van der Waals surface area contributed by atoms with Gasteiger partial charge in [-0.05, 0) is 55.8 Å². The minimum Gasteiger partial charge on any atom is -0.507 e. The summed E-state index contributed by atoms with van der Waals surface area (Å²) in [5.74, 6) is -0.925. The molecule has 1 aliphatic heterocycles. The molecule has 1 aromatic heterocycles. The summed E-state index contributed by atoms with van der Waals surface area (Å²) >= 11 is 7.28. The number of carbonyl (C=O) groups is 2. The predicted octanol–water partition coefficient (Wildman–Crippen LogP) is 5.07. The molecule has 0 aliphatic carbocycles. The second kappa shape index (κ2) is 9.59. The molecule has 1 amide bonds. The van der Waals surface area contributed by atoms with Crippen LogP contribution in [0.3, 0.4) is 0 Å². The van der Waals surface area contributed by atoms with Crippen LogP contribution in [-0.4, -0.2) is 43.1 Å². The average molecular weight is 515 g/mol. The van der Waals surface area contributed by atoms with E-state index in [2.05, 4.69) is 4.98 Å². The molecule has 1 unspecified atom stereocenters. The molecular formula is C25H23ClN2O6S. The van der Waals surface area contributed by atoms with Crippen LogP contribution in [0.4, 0.5) is 5.13 Å². The second-order valence-electron chi connectivity index (χ2n) is 7.77. The number of Topliss-reactive ketones (excluding diaryl/α,β-unsaturated/α-hetero) is 1. The van der Waals surface area contributed by atoms with Crippen LogP contribution in [0.25, 0.3) is 5.76 Å². The summed E-state index contributed by atoms with van der Waals surface area (Å²) < 4.78 is 16.4. The van der Waals surface area contributed by atoms with E-state index in [-0.39, 0.29) is 11.3 Å². The van der Waals surface area contributed by atoms with E-state index in [0.29, 0.717) is 38.5 Å². The van der Waals surface area contributed by atoms with Crippen molar-refractivity contribution in [3.05, 3.63) is 68.7 Å².